The van der Waals surface area contributed by atoms with E-state index >= 15 is 0 Å². The summed E-state index contributed by atoms with van der Waals surface area (Å²) in [5.74, 6) is -0.985. The summed E-state index contributed by atoms with van der Waals surface area (Å²) in [4.78, 5) is 15.8. The van der Waals surface area contributed by atoms with E-state index in [4.69, 9.17) is 5.11 Å². The fourth-order valence-electron chi connectivity index (χ4n) is 2.03. The maximum absolute atomic E-state index is 10.8. The van der Waals surface area contributed by atoms with Gasteiger partial charge in [-0.2, -0.15) is 0 Å². The number of carboxylic acids is 1. The predicted octanol–water partition coefficient (Wildman–Crippen LogP) is 2.00. The van der Waals surface area contributed by atoms with Gasteiger partial charge in [-0.25, -0.2) is 0 Å². The Labute approximate surface area is 99.7 Å². The minimum absolute atomic E-state index is 0.280. The molecule has 1 N–H and O–H groups in total. The van der Waals surface area contributed by atoms with Crippen molar-refractivity contribution in [2.75, 3.05) is 13.6 Å². The molecule has 0 amide bonds. The molecule has 1 unspecified atom stereocenters. The molecule has 16 heavy (non-hydrogen) atoms. The molecule has 1 aromatic heterocycles. The number of carbonyl (C=O) groups is 1. The van der Waals surface area contributed by atoms with Gasteiger partial charge in [-0.15, -0.1) is 11.3 Å². The first-order valence-electron chi connectivity index (χ1n) is 5.58. The molecule has 0 radical (unpaired) electrons. The summed E-state index contributed by atoms with van der Waals surface area (Å²) in [6.45, 7) is 3.89. The second-order valence-electron chi connectivity index (χ2n) is 4.59. The third kappa shape index (κ3) is 2.44. The maximum Gasteiger partial charge on any atom is 0.306 e. The van der Waals surface area contributed by atoms with Crippen LogP contribution in [0.1, 0.15) is 22.2 Å². The fraction of sp³-hybridized carbons (Fsp3) is 0.583. The smallest absolute Gasteiger partial charge is 0.306 e. The second kappa shape index (κ2) is 4.55. The monoisotopic (exact) mass is 239 g/mol. The van der Waals surface area contributed by atoms with Crippen LogP contribution in [0.15, 0.2) is 6.07 Å². The Hall–Kier alpha value is -0.870. The van der Waals surface area contributed by atoms with E-state index in [0.717, 1.165) is 19.5 Å². The van der Waals surface area contributed by atoms with Gasteiger partial charge >= 0.3 is 5.97 Å². The zero-order valence-corrected chi connectivity index (χ0v) is 10.5. The second-order valence-corrected chi connectivity index (χ2v) is 5.81. The molecule has 0 spiro atoms. The largest absolute Gasteiger partial charge is 0.481 e. The highest BCUT2D eigenvalue weighted by molar-refractivity contribution is 7.12. The maximum atomic E-state index is 10.8. The molecule has 88 valence electrons. The molecule has 1 aliphatic heterocycles. The third-order valence-corrected chi connectivity index (χ3v) is 4.30. The average Bonchev–Trinajstić information content (AvgIpc) is 2.58. The Bertz CT molecular complexity index is 400. The van der Waals surface area contributed by atoms with E-state index in [1.165, 1.54) is 15.3 Å². The molecule has 0 saturated heterocycles. The number of fused-ring (bicyclic) bond motifs is 1. The van der Waals surface area contributed by atoms with Crippen LogP contribution in [0.4, 0.5) is 0 Å². The van der Waals surface area contributed by atoms with Gasteiger partial charge in [0.15, 0.2) is 0 Å². The van der Waals surface area contributed by atoms with Gasteiger partial charge < -0.3 is 10.0 Å². The highest BCUT2D eigenvalue weighted by Gasteiger charge is 2.19. The zero-order chi connectivity index (χ0) is 11.7. The molecule has 0 fully saturated rings. The van der Waals surface area contributed by atoms with E-state index in [9.17, 15) is 4.79 Å². The van der Waals surface area contributed by atoms with Crippen molar-refractivity contribution in [3.05, 3.63) is 21.4 Å². The van der Waals surface area contributed by atoms with Crippen LogP contribution in [0.3, 0.4) is 0 Å². The average molecular weight is 239 g/mol. The lowest BCUT2D eigenvalue weighted by Crippen LogP contribution is -2.25. The Balaban J connectivity index is 2.10. The molecule has 1 aromatic rings. The van der Waals surface area contributed by atoms with Gasteiger partial charge in [0.1, 0.15) is 0 Å². The van der Waals surface area contributed by atoms with Crippen LogP contribution in [0.25, 0.3) is 0 Å². The molecule has 3 nitrogen and oxygen atoms in total. The van der Waals surface area contributed by atoms with E-state index in [1.807, 2.05) is 0 Å². The lowest BCUT2D eigenvalue weighted by Gasteiger charge is -2.21. The number of thiophene rings is 1. The SMILES string of the molecule is CC(Cc1cc2c(s1)CCN(C)C2)C(=O)O. The van der Waals surface area contributed by atoms with Gasteiger partial charge in [-0.3, -0.25) is 4.79 Å². The van der Waals surface area contributed by atoms with E-state index in [1.54, 1.807) is 18.3 Å². The Kier molecular flexibility index (Phi) is 3.30. The van der Waals surface area contributed by atoms with Crippen LogP contribution >= 0.6 is 11.3 Å². The van der Waals surface area contributed by atoms with E-state index in [2.05, 4.69) is 18.0 Å². The van der Waals surface area contributed by atoms with Crippen molar-refractivity contribution in [1.29, 1.82) is 0 Å². The minimum Gasteiger partial charge on any atom is -0.481 e. The van der Waals surface area contributed by atoms with E-state index in [0.29, 0.717) is 6.42 Å². The number of aliphatic carboxylic acids is 1. The Morgan fingerprint density at radius 3 is 3.12 bits per heavy atom. The van der Waals surface area contributed by atoms with E-state index < -0.39 is 5.97 Å². The Morgan fingerprint density at radius 2 is 2.44 bits per heavy atom. The normalized spacial score (nSPS) is 18.1. The number of rotatable bonds is 3. The van der Waals surface area contributed by atoms with Gasteiger partial charge in [0.25, 0.3) is 0 Å². The highest BCUT2D eigenvalue weighted by atomic mass is 32.1. The van der Waals surface area contributed by atoms with Crippen molar-refractivity contribution < 1.29 is 9.90 Å². The third-order valence-electron chi connectivity index (χ3n) is 3.04. The van der Waals surface area contributed by atoms with Crippen LogP contribution in [0, 0.1) is 5.92 Å². The topological polar surface area (TPSA) is 40.5 Å². The highest BCUT2D eigenvalue weighted by Crippen LogP contribution is 2.29. The molecule has 0 saturated carbocycles. The first-order valence-corrected chi connectivity index (χ1v) is 6.39. The van der Waals surface area contributed by atoms with Crippen LogP contribution < -0.4 is 0 Å². The predicted molar refractivity (Wildman–Crippen MR) is 64.9 cm³/mol. The molecule has 4 heteroatoms. The standard InChI is InChI=1S/C12H17NO2S/c1-8(12(14)15)5-10-6-9-7-13(2)4-3-11(9)16-10/h6,8H,3-5,7H2,1-2H3,(H,14,15). The van der Waals surface area contributed by atoms with Gasteiger partial charge in [-0.1, -0.05) is 6.92 Å². The van der Waals surface area contributed by atoms with Gasteiger partial charge in [0.05, 0.1) is 5.92 Å². The first-order chi connectivity index (χ1) is 7.56. The number of nitrogens with zero attached hydrogens (tertiary/aromatic N) is 1. The summed E-state index contributed by atoms with van der Waals surface area (Å²) in [6.07, 6.45) is 1.77. The summed E-state index contributed by atoms with van der Waals surface area (Å²) in [6, 6.07) is 2.19. The number of hydrogen-bond acceptors (Lipinski definition) is 3. The summed E-state index contributed by atoms with van der Waals surface area (Å²) in [7, 11) is 2.13. The molecule has 0 aliphatic carbocycles. The summed E-state index contributed by atoms with van der Waals surface area (Å²) < 4.78 is 0. The molecule has 2 rings (SSSR count). The van der Waals surface area contributed by atoms with Crippen LogP contribution in [0.2, 0.25) is 0 Å². The van der Waals surface area contributed by atoms with Crippen LogP contribution in [-0.4, -0.2) is 29.6 Å². The molecule has 0 bridgehead atoms. The van der Waals surface area contributed by atoms with Gasteiger partial charge in [-0.05, 0) is 31.5 Å². The van der Waals surface area contributed by atoms with Crippen molar-refractivity contribution in [3.8, 4) is 0 Å². The lowest BCUT2D eigenvalue weighted by molar-refractivity contribution is -0.141. The molecular weight excluding hydrogens is 222 g/mol. The molecule has 1 atom stereocenters. The van der Waals surface area contributed by atoms with E-state index in [-0.39, 0.29) is 5.92 Å². The van der Waals surface area contributed by atoms with Crippen molar-refractivity contribution in [1.82, 2.24) is 4.90 Å². The van der Waals surface area contributed by atoms with Crippen molar-refractivity contribution in [2.24, 2.45) is 5.92 Å². The van der Waals surface area contributed by atoms with Crippen molar-refractivity contribution in [3.63, 3.8) is 0 Å². The lowest BCUT2D eigenvalue weighted by atomic mass is 10.1. The summed E-state index contributed by atoms with van der Waals surface area (Å²) >= 11 is 1.79. The van der Waals surface area contributed by atoms with Gasteiger partial charge in [0, 0.05) is 22.8 Å². The number of carboxylic acid groups (broad SMARTS) is 1. The molecule has 1 aliphatic rings. The summed E-state index contributed by atoms with van der Waals surface area (Å²) in [5.41, 5.74) is 1.39. The molecule has 2 heterocycles. The summed E-state index contributed by atoms with van der Waals surface area (Å²) in [5, 5.41) is 8.88. The zero-order valence-electron chi connectivity index (χ0n) is 9.69. The number of likely N-dealkylation sites (N-methyl/N-ethyl adjacent to an activating group) is 1. The number of hydrogen-bond donors (Lipinski definition) is 1. The minimum atomic E-state index is -0.705. The fourth-order valence-corrected chi connectivity index (χ4v) is 3.32. The molecule has 0 aromatic carbocycles. The molecular formula is C12H17NO2S. The Morgan fingerprint density at radius 1 is 1.69 bits per heavy atom. The van der Waals surface area contributed by atoms with Crippen molar-refractivity contribution in [2.45, 2.75) is 26.3 Å². The quantitative estimate of drug-likeness (QED) is 0.877. The van der Waals surface area contributed by atoms with Crippen molar-refractivity contribution >= 4 is 17.3 Å². The van der Waals surface area contributed by atoms with Crippen LogP contribution in [0.5, 0.6) is 0 Å². The van der Waals surface area contributed by atoms with Crippen LogP contribution in [-0.2, 0) is 24.2 Å². The first kappa shape index (κ1) is 11.6. The van der Waals surface area contributed by atoms with Gasteiger partial charge in [0.2, 0.25) is 0 Å².